The summed E-state index contributed by atoms with van der Waals surface area (Å²) >= 11 is 0. The molecule has 1 atom stereocenters. The molecule has 0 bridgehead atoms. The van der Waals surface area contributed by atoms with Crippen LogP contribution in [-0.4, -0.2) is 38.4 Å². The Morgan fingerprint density at radius 3 is 2.90 bits per heavy atom. The first kappa shape index (κ1) is 13.2. The van der Waals surface area contributed by atoms with Crippen molar-refractivity contribution in [2.75, 3.05) is 26.7 Å². The molecule has 5 heteroatoms. The molecule has 1 aromatic rings. The Kier molecular flexibility index (Phi) is 3.53. The number of alkyl carbamates (subject to hydrolysis) is 1. The van der Waals surface area contributed by atoms with Gasteiger partial charge in [0.25, 0.3) is 0 Å². The van der Waals surface area contributed by atoms with Gasteiger partial charge in [0, 0.05) is 25.3 Å². The average molecular weight is 276 g/mol. The minimum atomic E-state index is -0.389. The number of benzene rings is 1. The molecule has 0 aliphatic carbocycles. The van der Waals surface area contributed by atoms with Gasteiger partial charge in [0.05, 0.1) is 7.11 Å². The molecular formula is C15H20N2O3. The molecule has 3 rings (SSSR count). The molecule has 2 aliphatic rings. The summed E-state index contributed by atoms with van der Waals surface area (Å²) in [4.78, 5) is 11.7. The summed E-state index contributed by atoms with van der Waals surface area (Å²) < 4.78 is 11.0. The van der Waals surface area contributed by atoms with Gasteiger partial charge in [-0.1, -0.05) is 12.1 Å². The molecule has 5 nitrogen and oxygen atoms in total. The number of carbonyl (C=O) groups is 1. The van der Waals surface area contributed by atoms with Gasteiger partial charge >= 0.3 is 6.09 Å². The van der Waals surface area contributed by atoms with Crippen molar-refractivity contribution in [3.8, 4) is 5.75 Å². The van der Waals surface area contributed by atoms with Gasteiger partial charge in [-0.2, -0.15) is 0 Å². The first-order chi connectivity index (χ1) is 9.73. The van der Waals surface area contributed by atoms with Crippen LogP contribution < -0.4 is 15.4 Å². The Morgan fingerprint density at radius 1 is 1.35 bits per heavy atom. The molecule has 1 aromatic carbocycles. The van der Waals surface area contributed by atoms with E-state index in [4.69, 9.17) is 9.47 Å². The Labute approximate surface area is 118 Å². The van der Waals surface area contributed by atoms with Crippen molar-refractivity contribution in [1.29, 1.82) is 0 Å². The maximum atomic E-state index is 11.7. The van der Waals surface area contributed by atoms with Gasteiger partial charge in [0.2, 0.25) is 0 Å². The van der Waals surface area contributed by atoms with Crippen LogP contribution in [0.2, 0.25) is 0 Å². The van der Waals surface area contributed by atoms with E-state index in [2.05, 4.69) is 16.7 Å². The van der Waals surface area contributed by atoms with Crippen molar-refractivity contribution >= 4 is 6.09 Å². The monoisotopic (exact) mass is 276 g/mol. The quantitative estimate of drug-likeness (QED) is 0.862. The lowest BCUT2D eigenvalue weighted by molar-refractivity contribution is -0.0495. The smallest absolute Gasteiger partial charge is 0.407 e. The van der Waals surface area contributed by atoms with Crippen LogP contribution in [0.25, 0.3) is 0 Å². The van der Waals surface area contributed by atoms with Gasteiger partial charge in [-0.15, -0.1) is 0 Å². The topological polar surface area (TPSA) is 59.6 Å². The fourth-order valence-corrected chi connectivity index (χ4v) is 3.24. The van der Waals surface area contributed by atoms with Crippen LogP contribution in [0.5, 0.6) is 5.75 Å². The number of ether oxygens (including phenoxy) is 2. The van der Waals surface area contributed by atoms with Crippen molar-refractivity contribution in [1.82, 2.24) is 10.6 Å². The van der Waals surface area contributed by atoms with Gasteiger partial charge in [-0.25, -0.2) is 4.79 Å². The minimum absolute atomic E-state index is 0.164. The number of carbonyl (C=O) groups excluding carboxylic acids is 1. The summed E-state index contributed by atoms with van der Waals surface area (Å²) in [6.07, 6.45) is 1.40. The zero-order chi connectivity index (χ0) is 14.0. The van der Waals surface area contributed by atoms with E-state index in [1.54, 1.807) is 7.11 Å². The normalized spacial score (nSPS) is 24.9. The van der Waals surface area contributed by atoms with Crippen molar-refractivity contribution in [2.45, 2.75) is 24.4 Å². The van der Waals surface area contributed by atoms with E-state index < -0.39 is 0 Å². The van der Waals surface area contributed by atoms with Crippen molar-refractivity contribution < 1.29 is 14.3 Å². The maximum Gasteiger partial charge on any atom is 0.407 e. The number of methoxy groups -OCH3 is 1. The summed E-state index contributed by atoms with van der Waals surface area (Å²) in [6.45, 7) is 2.38. The SMILES string of the molecule is COc1cccc(C2CNC(=O)OC23CCNCC3)c1. The van der Waals surface area contributed by atoms with Crippen LogP contribution >= 0.6 is 0 Å². The maximum absolute atomic E-state index is 11.7. The van der Waals surface area contributed by atoms with Crippen molar-refractivity contribution in [3.63, 3.8) is 0 Å². The van der Waals surface area contributed by atoms with E-state index in [-0.39, 0.29) is 17.6 Å². The molecule has 108 valence electrons. The summed E-state index contributed by atoms with van der Waals surface area (Å²) in [5, 5.41) is 6.15. The van der Waals surface area contributed by atoms with Gasteiger partial charge in [0.1, 0.15) is 11.4 Å². The van der Waals surface area contributed by atoms with Gasteiger partial charge in [-0.3, -0.25) is 0 Å². The van der Waals surface area contributed by atoms with E-state index >= 15 is 0 Å². The molecule has 2 aliphatic heterocycles. The third kappa shape index (κ3) is 2.33. The van der Waals surface area contributed by atoms with Crippen LogP contribution in [0.3, 0.4) is 0 Å². The van der Waals surface area contributed by atoms with E-state index in [9.17, 15) is 4.79 Å². The zero-order valence-corrected chi connectivity index (χ0v) is 11.6. The third-order valence-corrected chi connectivity index (χ3v) is 4.33. The Morgan fingerprint density at radius 2 is 2.15 bits per heavy atom. The lowest BCUT2D eigenvalue weighted by atomic mass is 9.75. The lowest BCUT2D eigenvalue weighted by Gasteiger charge is -2.46. The third-order valence-electron chi connectivity index (χ3n) is 4.33. The second-order valence-corrected chi connectivity index (χ2v) is 5.41. The van der Waals surface area contributed by atoms with Gasteiger partial charge in [0.15, 0.2) is 0 Å². The Hall–Kier alpha value is -1.75. The summed E-state index contributed by atoms with van der Waals surface area (Å²) in [6, 6.07) is 8.04. The summed E-state index contributed by atoms with van der Waals surface area (Å²) in [5.41, 5.74) is 0.770. The fraction of sp³-hybridized carbons (Fsp3) is 0.533. The molecule has 2 N–H and O–H groups in total. The molecule has 2 saturated heterocycles. The molecule has 0 aromatic heterocycles. The number of rotatable bonds is 2. The van der Waals surface area contributed by atoms with Crippen molar-refractivity contribution in [3.05, 3.63) is 29.8 Å². The van der Waals surface area contributed by atoms with Crippen LogP contribution in [0, 0.1) is 0 Å². The Balaban J connectivity index is 1.93. The predicted octanol–water partition coefficient (Wildman–Crippen LogP) is 1.64. The molecule has 2 fully saturated rings. The van der Waals surface area contributed by atoms with Gasteiger partial charge < -0.3 is 20.1 Å². The molecule has 1 amide bonds. The average Bonchev–Trinajstić information content (AvgIpc) is 2.48. The second-order valence-electron chi connectivity index (χ2n) is 5.41. The highest BCUT2D eigenvalue weighted by atomic mass is 16.6. The molecule has 0 saturated carbocycles. The summed E-state index contributed by atoms with van der Waals surface area (Å²) in [5.74, 6) is 1.00. The summed E-state index contributed by atoms with van der Waals surface area (Å²) in [7, 11) is 1.67. The molecule has 1 unspecified atom stereocenters. The van der Waals surface area contributed by atoms with Crippen LogP contribution in [0.15, 0.2) is 24.3 Å². The van der Waals surface area contributed by atoms with Gasteiger partial charge in [-0.05, 0) is 30.8 Å². The molecule has 2 heterocycles. The zero-order valence-electron chi connectivity index (χ0n) is 11.6. The highest BCUT2D eigenvalue weighted by molar-refractivity contribution is 5.69. The van der Waals surface area contributed by atoms with E-state index in [0.29, 0.717) is 6.54 Å². The number of hydrogen-bond donors (Lipinski definition) is 2. The van der Waals surface area contributed by atoms with Crippen molar-refractivity contribution in [2.24, 2.45) is 0 Å². The number of hydrogen-bond acceptors (Lipinski definition) is 4. The standard InChI is InChI=1S/C15H20N2O3/c1-19-12-4-2-3-11(9-12)13-10-17-14(18)20-15(13)5-7-16-8-6-15/h2-4,9,13,16H,5-8,10H2,1H3,(H,17,18). The molecule has 20 heavy (non-hydrogen) atoms. The highest BCUT2D eigenvalue weighted by Crippen LogP contribution is 2.41. The largest absolute Gasteiger partial charge is 0.497 e. The van der Waals surface area contributed by atoms with Crippen LogP contribution in [-0.2, 0) is 4.74 Å². The van der Waals surface area contributed by atoms with E-state index in [1.165, 1.54) is 0 Å². The molecular weight excluding hydrogens is 256 g/mol. The number of amides is 1. The fourth-order valence-electron chi connectivity index (χ4n) is 3.24. The molecule has 0 radical (unpaired) electrons. The van der Waals surface area contributed by atoms with E-state index in [1.807, 2.05) is 18.2 Å². The lowest BCUT2D eigenvalue weighted by Crippen LogP contribution is -2.57. The minimum Gasteiger partial charge on any atom is -0.497 e. The van der Waals surface area contributed by atoms with E-state index in [0.717, 1.165) is 37.2 Å². The molecule has 1 spiro atoms. The van der Waals surface area contributed by atoms with Crippen LogP contribution in [0.4, 0.5) is 4.79 Å². The number of nitrogens with one attached hydrogen (secondary N) is 2. The number of piperidine rings is 1. The predicted molar refractivity (Wildman–Crippen MR) is 75.1 cm³/mol. The highest BCUT2D eigenvalue weighted by Gasteiger charge is 2.47. The first-order valence-corrected chi connectivity index (χ1v) is 7.05. The first-order valence-electron chi connectivity index (χ1n) is 7.05. The Bertz CT molecular complexity index is 498. The van der Waals surface area contributed by atoms with Crippen LogP contribution in [0.1, 0.15) is 24.3 Å². The second kappa shape index (κ2) is 5.32.